The number of morpholine rings is 1. The summed E-state index contributed by atoms with van der Waals surface area (Å²) in [6.07, 6.45) is 2.03. The van der Waals surface area contributed by atoms with Gasteiger partial charge in [-0.05, 0) is 13.8 Å². The van der Waals surface area contributed by atoms with E-state index in [1.54, 1.807) is 0 Å². The third-order valence-corrected chi connectivity index (χ3v) is 3.01. The molecule has 0 saturated carbocycles. The van der Waals surface area contributed by atoms with Crippen LogP contribution in [-0.4, -0.2) is 53.3 Å². The molecule has 0 bridgehead atoms. The van der Waals surface area contributed by atoms with Crippen LogP contribution in [-0.2, 0) is 11.8 Å². The van der Waals surface area contributed by atoms with Gasteiger partial charge in [0, 0.05) is 38.9 Å². The average molecular weight is 238 g/mol. The molecule has 1 saturated heterocycles. The average Bonchev–Trinajstić information content (AvgIpc) is 2.58. The van der Waals surface area contributed by atoms with Crippen molar-refractivity contribution in [2.45, 2.75) is 19.9 Å². The van der Waals surface area contributed by atoms with Crippen molar-refractivity contribution in [3.63, 3.8) is 0 Å². The second-order valence-electron chi connectivity index (χ2n) is 4.78. The summed E-state index contributed by atoms with van der Waals surface area (Å²) < 4.78 is 7.38. The number of aromatic nitrogens is 2. The molecule has 1 atom stereocenters. The van der Waals surface area contributed by atoms with E-state index in [4.69, 9.17) is 4.74 Å². The van der Waals surface area contributed by atoms with Crippen molar-refractivity contribution < 1.29 is 4.74 Å². The van der Waals surface area contributed by atoms with Gasteiger partial charge < -0.3 is 14.6 Å². The predicted octanol–water partition coefficient (Wildman–Crippen LogP) is 0.861. The third-order valence-electron chi connectivity index (χ3n) is 3.01. The van der Waals surface area contributed by atoms with Crippen LogP contribution in [0.25, 0.3) is 0 Å². The molecule has 1 N–H and O–H groups in total. The topological polar surface area (TPSA) is 42.3 Å². The molecule has 0 aliphatic carbocycles. The minimum atomic E-state index is 0.397. The lowest BCUT2D eigenvalue weighted by Crippen LogP contribution is -2.42. The maximum absolute atomic E-state index is 5.34. The number of anilines is 1. The van der Waals surface area contributed by atoms with E-state index in [1.165, 1.54) is 0 Å². The molecule has 1 aliphatic rings. The first-order valence-corrected chi connectivity index (χ1v) is 6.22. The Bertz CT molecular complexity index is 357. The second-order valence-corrected chi connectivity index (χ2v) is 4.78. The molecule has 17 heavy (non-hydrogen) atoms. The van der Waals surface area contributed by atoms with Crippen molar-refractivity contribution in [2.24, 2.45) is 7.05 Å². The van der Waals surface area contributed by atoms with Gasteiger partial charge in [0.25, 0.3) is 0 Å². The van der Waals surface area contributed by atoms with E-state index < -0.39 is 0 Å². The first-order chi connectivity index (χ1) is 8.15. The smallest absolute Gasteiger partial charge is 0.203 e. The highest BCUT2D eigenvalue weighted by Crippen LogP contribution is 2.08. The lowest BCUT2D eigenvalue weighted by atomic mass is 10.3. The Morgan fingerprint density at radius 2 is 2.18 bits per heavy atom. The van der Waals surface area contributed by atoms with E-state index >= 15 is 0 Å². The summed E-state index contributed by atoms with van der Waals surface area (Å²) >= 11 is 0. The molecule has 0 spiro atoms. The van der Waals surface area contributed by atoms with Gasteiger partial charge in [-0.3, -0.25) is 4.90 Å². The molecule has 2 rings (SSSR count). The van der Waals surface area contributed by atoms with Crippen LogP contribution >= 0.6 is 0 Å². The Labute approximate surface area is 103 Å². The Kier molecular flexibility index (Phi) is 4.02. The monoisotopic (exact) mass is 238 g/mol. The molecule has 0 amide bonds. The zero-order valence-corrected chi connectivity index (χ0v) is 10.9. The molecule has 5 nitrogen and oxygen atoms in total. The molecule has 96 valence electrons. The summed E-state index contributed by atoms with van der Waals surface area (Å²) in [5, 5.41) is 3.45. The highest BCUT2D eigenvalue weighted by Gasteiger charge is 2.14. The molecule has 1 unspecified atom stereocenters. The number of nitrogens with one attached hydrogen (secondary N) is 1. The second kappa shape index (κ2) is 5.51. The fraction of sp³-hybridized carbons (Fsp3) is 0.750. The van der Waals surface area contributed by atoms with Crippen LogP contribution < -0.4 is 5.32 Å². The van der Waals surface area contributed by atoms with Gasteiger partial charge in [-0.2, -0.15) is 0 Å². The van der Waals surface area contributed by atoms with Crippen molar-refractivity contribution >= 4 is 5.95 Å². The van der Waals surface area contributed by atoms with E-state index in [0.29, 0.717) is 6.04 Å². The molecule has 0 radical (unpaired) electrons. The zero-order valence-electron chi connectivity index (χ0n) is 10.9. The van der Waals surface area contributed by atoms with Crippen LogP contribution in [0.5, 0.6) is 0 Å². The van der Waals surface area contributed by atoms with E-state index in [0.717, 1.165) is 44.5 Å². The molecule has 0 aromatic carbocycles. The van der Waals surface area contributed by atoms with Crippen molar-refractivity contribution in [3.05, 3.63) is 11.9 Å². The summed E-state index contributed by atoms with van der Waals surface area (Å²) in [6, 6.07) is 0.397. The molecular weight excluding hydrogens is 216 g/mol. The lowest BCUT2D eigenvalue weighted by Gasteiger charge is -2.29. The van der Waals surface area contributed by atoms with Gasteiger partial charge in [-0.25, -0.2) is 4.98 Å². The van der Waals surface area contributed by atoms with Gasteiger partial charge >= 0.3 is 0 Å². The van der Waals surface area contributed by atoms with Crippen LogP contribution in [0.4, 0.5) is 5.95 Å². The molecule has 1 fully saturated rings. The first kappa shape index (κ1) is 12.4. The van der Waals surface area contributed by atoms with Crippen LogP contribution in [0, 0.1) is 6.92 Å². The van der Waals surface area contributed by atoms with Gasteiger partial charge in [0.05, 0.1) is 18.9 Å². The maximum Gasteiger partial charge on any atom is 0.203 e. The summed E-state index contributed by atoms with van der Waals surface area (Å²) in [6.45, 7) is 9.02. The minimum absolute atomic E-state index is 0.397. The number of nitrogens with zero attached hydrogens (tertiary/aromatic N) is 3. The number of hydrogen-bond donors (Lipinski definition) is 1. The number of hydrogen-bond acceptors (Lipinski definition) is 4. The van der Waals surface area contributed by atoms with E-state index in [1.807, 2.05) is 24.7 Å². The number of ether oxygens (including phenoxy) is 1. The molecule has 2 heterocycles. The summed E-state index contributed by atoms with van der Waals surface area (Å²) in [5.74, 6) is 0.947. The van der Waals surface area contributed by atoms with Gasteiger partial charge in [0.15, 0.2) is 0 Å². The Balaban J connectivity index is 1.83. The third kappa shape index (κ3) is 3.44. The van der Waals surface area contributed by atoms with Crippen LogP contribution in [0.1, 0.15) is 12.6 Å². The standard InChI is InChI=1S/C12H22N4O/c1-10-8-15(3)12(13-10)14-11(2)9-16-4-6-17-7-5-16/h8,11H,4-7,9H2,1-3H3,(H,13,14). The Morgan fingerprint density at radius 1 is 1.47 bits per heavy atom. The highest BCUT2D eigenvalue weighted by atomic mass is 16.5. The van der Waals surface area contributed by atoms with Crippen molar-refractivity contribution in [2.75, 3.05) is 38.2 Å². The van der Waals surface area contributed by atoms with Crippen LogP contribution in [0.15, 0.2) is 6.20 Å². The Morgan fingerprint density at radius 3 is 2.76 bits per heavy atom. The SMILES string of the molecule is Cc1cn(C)c(NC(C)CN2CCOCC2)n1. The van der Waals surface area contributed by atoms with Crippen molar-refractivity contribution in [3.8, 4) is 0 Å². The van der Waals surface area contributed by atoms with Crippen LogP contribution in [0.2, 0.25) is 0 Å². The normalized spacial score (nSPS) is 19.2. The summed E-state index contributed by atoms with van der Waals surface area (Å²) in [4.78, 5) is 6.88. The summed E-state index contributed by atoms with van der Waals surface area (Å²) in [5.41, 5.74) is 1.05. The number of aryl methyl sites for hydroxylation is 2. The van der Waals surface area contributed by atoms with Crippen molar-refractivity contribution in [1.82, 2.24) is 14.5 Å². The largest absolute Gasteiger partial charge is 0.379 e. The predicted molar refractivity (Wildman–Crippen MR) is 68.3 cm³/mol. The fourth-order valence-corrected chi connectivity index (χ4v) is 2.19. The quantitative estimate of drug-likeness (QED) is 0.845. The first-order valence-electron chi connectivity index (χ1n) is 6.22. The molecule has 1 aromatic rings. The zero-order chi connectivity index (χ0) is 12.3. The summed E-state index contributed by atoms with van der Waals surface area (Å²) in [7, 11) is 2.02. The Hall–Kier alpha value is -1.07. The van der Waals surface area contributed by atoms with Crippen LogP contribution in [0.3, 0.4) is 0 Å². The van der Waals surface area contributed by atoms with Gasteiger partial charge in [-0.1, -0.05) is 0 Å². The van der Waals surface area contributed by atoms with Crippen molar-refractivity contribution in [1.29, 1.82) is 0 Å². The molecule has 5 heteroatoms. The fourth-order valence-electron chi connectivity index (χ4n) is 2.19. The van der Waals surface area contributed by atoms with E-state index in [-0.39, 0.29) is 0 Å². The minimum Gasteiger partial charge on any atom is -0.379 e. The number of imidazole rings is 1. The molecule has 1 aliphatic heterocycles. The van der Waals surface area contributed by atoms with Gasteiger partial charge in [0.2, 0.25) is 5.95 Å². The number of rotatable bonds is 4. The van der Waals surface area contributed by atoms with Gasteiger partial charge in [0.1, 0.15) is 0 Å². The van der Waals surface area contributed by atoms with E-state index in [2.05, 4.69) is 22.1 Å². The van der Waals surface area contributed by atoms with Gasteiger partial charge in [-0.15, -0.1) is 0 Å². The highest BCUT2D eigenvalue weighted by molar-refractivity contribution is 5.29. The van der Waals surface area contributed by atoms with E-state index in [9.17, 15) is 0 Å². The maximum atomic E-state index is 5.34. The lowest BCUT2D eigenvalue weighted by molar-refractivity contribution is 0.0367. The molecule has 1 aromatic heterocycles. The molecular formula is C12H22N4O.